The molecule has 0 bridgehead atoms. The first-order chi connectivity index (χ1) is 17.0. The van der Waals surface area contributed by atoms with Crippen LogP contribution in [0.4, 0.5) is 0 Å². The Morgan fingerprint density at radius 3 is 2.20 bits per heavy atom. The predicted octanol–water partition coefficient (Wildman–Crippen LogP) is 7.09. The van der Waals surface area contributed by atoms with Crippen molar-refractivity contribution in [1.29, 1.82) is 0 Å². The highest BCUT2D eigenvalue weighted by Crippen LogP contribution is 2.27. The molecule has 0 saturated carbocycles. The van der Waals surface area contributed by atoms with E-state index in [1.165, 1.54) is 12.3 Å². The lowest BCUT2D eigenvalue weighted by molar-refractivity contribution is 0.0735. The van der Waals surface area contributed by atoms with Crippen molar-refractivity contribution >= 4 is 16.9 Å². The fraction of sp³-hybridized carbons (Fsp3) is 0.0667. The Labute approximate surface area is 202 Å². The first-order valence-electron chi connectivity index (χ1n) is 11.2. The van der Waals surface area contributed by atoms with Crippen LogP contribution >= 0.6 is 0 Å². The molecule has 0 amide bonds. The maximum Gasteiger partial charge on any atom is 0.343 e. The van der Waals surface area contributed by atoms with Gasteiger partial charge in [0.05, 0.1) is 10.9 Å². The van der Waals surface area contributed by atoms with E-state index in [2.05, 4.69) is 0 Å². The summed E-state index contributed by atoms with van der Waals surface area (Å²) >= 11 is 0. The number of hydrogen-bond acceptors (Lipinski definition) is 5. The van der Waals surface area contributed by atoms with E-state index in [4.69, 9.17) is 13.9 Å². The molecule has 5 aromatic rings. The molecule has 35 heavy (non-hydrogen) atoms. The van der Waals surface area contributed by atoms with Gasteiger partial charge >= 0.3 is 5.97 Å². The number of ether oxygens (including phenoxy) is 2. The SMILES string of the molecule is Cc1ccc(C(=O)Oc2ccc3c(=O)c(Oc4ccc(-c5ccccc5)cc4)coc3c2)cc1C. The van der Waals surface area contributed by atoms with E-state index < -0.39 is 5.97 Å². The molecule has 0 atom stereocenters. The normalized spacial score (nSPS) is 10.8. The molecule has 5 nitrogen and oxygen atoms in total. The average molecular weight is 463 g/mol. The Kier molecular flexibility index (Phi) is 5.90. The standard InChI is InChI=1S/C30H22O5/c1-19-8-9-23(16-20(19)2)30(32)35-25-14-15-26-27(17-25)33-18-28(29(26)31)34-24-12-10-22(11-13-24)21-6-4-3-5-7-21/h3-18H,1-2H3. The topological polar surface area (TPSA) is 65.7 Å². The predicted molar refractivity (Wildman–Crippen MR) is 135 cm³/mol. The molecule has 0 unspecified atom stereocenters. The van der Waals surface area contributed by atoms with Gasteiger partial charge in [-0.25, -0.2) is 4.79 Å². The van der Waals surface area contributed by atoms with Crippen molar-refractivity contribution in [2.45, 2.75) is 13.8 Å². The smallest absolute Gasteiger partial charge is 0.343 e. The summed E-state index contributed by atoms with van der Waals surface area (Å²) in [7, 11) is 0. The molecular formula is C30H22O5. The van der Waals surface area contributed by atoms with Crippen LogP contribution in [0.3, 0.4) is 0 Å². The van der Waals surface area contributed by atoms with Crippen molar-refractivity contribution < 1.29 is 18.7 Å². The molecule has 0 aliphatic carbocycles. The highest BCUT2D eigenvalue weighted by Gasteiger charge is 2.14. The number of benzene rings is 4. The van der Waals surface area contributed by atoms with Gasteiger partial charge in [0.25, 0.3) is 0 Å². The second-order valence-electron chi connectivity index (χ2n) is 8.27. The Balaban J connectivity index is 1.35. The fourth-order valence-corrected chi connectivity index (χ4v) is 3.73. The second kappa shape index (κ2) is 9.31. The minimum absolute atomic E-state index is 0.0739. The van der Waals surface area contributed by atoms with Crippen LogP contribution in [0.25, 0.3) is 22.1 Å². The van der Waals surface area contributed by atoms with E-state index >= 15 is 0 Å². The lowest BCUT2D eigenvalue weighted by Crippen LogP contribution is -2.09. The molecule has 0 saturated heterocycles. The zero-order valence-electron chi connectivity index (χ0n) is 19.3. The molecule has 5 heteroatoms. The third-order valence-electron chi connectivity index (χ3n) is 5.86. The van der Waals surface area contributed by atoms with Crippen LogP contribution in [0.2, 0.25) is 0 Å². The minimum Gasteiger partial charge on any atom is -0.460 e. The van der Waals surface area contributed by atoms with Crippen molar-refractivity contribution in [2.75, 3.05) is 0 Å². The van der Waals surface area contributed by atoms with Gasteiger partial charge in [-0.2, -0.15) is 0 Å². The molecule has 0 N–H and O–H groups in total. The molecule has 172 valence electrons. The number of aryl methyl sites for hydroxylation is 2. The van der Waals surface area contributed by atoms with Crippen LogP contribution in [-0.4, -0.2) is 5.97 Å². The lowest BCUT2D eigenvalue weighted by Gasteiger charge is -2.09. The molecule has 0 fully saturated rings. The number of hydrogen-bond donors (Lipinski definition) is 0. The van der Waals surface area contributed by atoms with Crippen LogP contribution in [0.1, 0.15) is 21.5 Å². The van der Waals surface area contributed by atoms with Crippen molar-refractivity contribution in [3.05, 3.63) is 124 Å². The zero-order valence-corrected chi connectivity index (χ0v) is 19.3. The van der Waals surface area contributed by atoms with E-state index in [-0.39, 0.29) is 16.9 Å². The summed E-state index contributed by atoms with van der Waals surface area (Å²) in [6.07, 6.45) is 1.27. The van der Waals surface area contributed by atoms with E-state index in [1.54, 1.807) is 36.4 Å². The lowest BCUT2D eigenvalue weighted by atomic mass is 10.1. The molecule has 4 aromatic carbocycles. The molecule has 0 aliphatic heterocycles. The molecular weight excluding hydrogens is 440 g/mol. The first kappa shape index (κ1) is 22.2. The van der Waals surface area contributed by atoms with Gasteiger partial charge in [0.1, 0.15) is 23.3 Å². The van der Waals surface area contributed by atoms with Gasteiger partial charge < -0.3 is 13.9 Å². The highest BCUT2D eigenvalue weighted by atomic mass is 16.5. The molecule has 0 radical (unpaired) electrons. The van der Waals surface area contributed by atoms with Gasteiger partial charge in [-0.05, 0) is 72.5 Å². The maximum atomic E-state index is 13.0. The molecule has 5 rings (SSSR count). The summed E-state index contributed by atoms with van der Waals surface area (Å²) in [5.74, 6) is 0.405. The Morgan fingerprint density at radius 1 is 0.743 bits per heavy atom. The van der Waals surface area contributed by atoms with E-state index in [1.807, 2.05) is 62.4 Å². The number of carbonyl (C=O) groups is 1. The minimum atomic E-state index is -0.478. The largest absolute Gasteiger partial charge is 0.460 e. The summed E-state index contributed by atoms with van der Waals surface area (Å²) in [6, 6.07) is 27.5. The van der Waals surface area contributed by atoms with Gasteiger partial charge in [0.2, 0.25) is 11.2 Å². The number of esters is 1. The molecule has 0 spiro atoms. The molecule has 0 aliphatic rings. The molecule has 1 aromatic heterocycles. The van der Waals surface area contributed by atoms with E-state index in [0.29, 0.717) is 22.3 Å². The van der Waals surface area contributed by atoms with Crippen molar-refractivity contribution in [2.24, 2.45) is 0 Å². The van der Waals surface area contributed by atoms with Crippen LogP contribution in [-0.2, 0) is 0 Å². The summed E-state index contributed by atoms with van der Waals surface area (Å²) in [5.41, 5.74) is 4.68. The van der Waals surface area contributed by atoms with Crippen molar-refractivity contribution in [3.63, 3.8) is 0 Å². The van der Waals surface area contributed by atoms with Crippen LogP contribution < -0.4 is 14.9 Å². The number of carbonyl (C=O) groups excluding carboxylic acids is 1. The van der Waals surface area contributed by atoms with E-state index in [9.17, 15) is 9.59 Å². The second-order valence-corrected chi connectivity index (χ2v) is 8.27. The fourth-order valence-electron chi connectivity index (χ4n) is 3.73. The van der Waals surface area contributed by atoms with Gasteiger partial charge in [0.15, 0.2) is 0 Å². The van der Waals surface area contributed by atoms with Gasteiger partial charge in [-0.3, -0.25) is 4.79 Å². The Hall–Kier alpha value is -4.64. The third-order valence-corrected chi connectivity index (χ3v) is 5.86. The Bertz CT molecular complexity index is 1580. The van der Waals surface area contributed by atoms with Gasteiger partial charge in [0, 0.05) is 6.07 Å². The van der Waals surface area contributed by atoms with Gasteiger partial charge in [-0.1, -0.05) is 48.5 Å². The Morgan fingerprint density at radius 2 is 1.46 bits per heavy atom. The van der Waals surface area contributed by atoms with Crippen molar-refractivity contribution in [1.82, 2.24) is 0 Å². The maximum absolute atomic E-state index is 13.0. The summed E-state index contributed by atoms with van der Waals surface area (Å²) < 4.78 is 16.9. The average Bonchev–Trinajstić information content (AvgIpc) is 2.88. The number of rotatable bonds is 5. The van der Waals surface area contributed by atoms with Crippen LogP contribution in [0, 0.1) is 13.8 Å². The molecule has 1 heterocycles. The monoisotopic (exact) mass is 462 g/mol. The quantitative estimate of drug-likeness (QED) is 0.206. The van der Waals surface area contributed by atoms with Crippen molar-refractivity contribution in [3.8, 4) is 28.4 Å². The summed E-state index contributed by atoms with van der Waals surface area (Å²) in [4.78, 5) is 25.5. The highest BCUT2D eigenvalue weighted by molar-refractivity contribution is 5.92. The van der Waals surface area contributed by atoms with Gasteiger partial charge in [-0.15, -0.1) is 0 Å². The summed E-state index contributed by atoms with van der Waals surface area (Å²) in [6.45, 7) is 3.92. The third kappa shape index (κ3) is 4.70. The summed E-state index contributed by atoms with van der Waals surface area (Å²) in [5, 5.41) is 0.328. The van der Waals surface area contributed by atoms with Crippen LogP contribution in [0.15, 0.2) is 106 Å². The zero-order chi connectivity index (χ0) is 24.4. The van der Waals surface area contributed by atoms with E-state index in [0.717, 1.165) is 22.3 Å². The number of fused-ring (bicyclic) bond motifs is 1. The first-order valence-corrected chi connectivity index (χ1v) is 11.2. The van der Waals surface area contributed by atoms with Crippen LogP contribution in [0.5, 0.6) is 17.2 Å².